The fourth-order valence-corrected chi connectivity index (χ4v) is 1.96. The Kier molecular flexibility index (Phi) is 5.05. The second kappa shape index (κ2) is 6.99. The highest BCUT2D eigenvalue weighted by Crippen LogP contribution is 2.24. The second-order valence-corrected chi connectivity index (χ2v) is 4.88. The SMILES string of the molecule is CCCCNC(=S)/N=C/c1c(O)c2ccccc2oc1=O. The van der Waals surface area contributed by atoms with Crippen molar-refractivity contribution in [1.29, 1.82) is 0 Å². The lowest BCUT2D eigenvalue weighted by atomic mass is 10.1. The first kappa shape index (κ1) is 15.2. The van der Waals surface area contributed by atoms with E-state index in [1.807, 2.05) is 0 Å². The van der Waals surface area contributed by atoms with Crippen LogP contribution in [-0.2, 0) is 0 Å². The molecule has 2 rings (SSSR count). The topological polar surface area (TPSA) is 74.8 Å². The number of hydrogen-bond acceptors (Lipinski definition) is 4. The lowest BCUT2D eigenvalue weighted by molar-refractivity contribution is 0.466. The average molecular weight is 304 g/mol. The highest BCUT2D eigenvalue weighted by atomic mass is 32.1. The first-order valence-electron chi connectivity index (χ1n) is 6.70. The van der Waals surface area contributed by atoms with Gasteiger partial charge in [-0.2, -0.15) is 0 Å². The van der Waals surface area contributed by atoms with E-state index < -0.39 is 5.63 Å². The minimum atomic E-state index is -0.647. The van der Waals surface area contributed by atoms with Gasteiger partial charge in [0.25, 0.3) is 0 Å². The molecule has 110 valence electrons. The molecule has 0 atom stereocenters. The standard InChI is InChI=1S/C15H16N2O3S/c1-2-3-8-16-15(21)17-9-11-13(18)10-6-4-5-7-12(10)20-14(11)19/h4-7,9,18H,2-3,8H2,1H3,(H,16,21)/b17-9+. The minimum Gasteiger partial charge on any atom is -0.506 e. The van der Waals surface area contributed by atoms with Gasteiger partial charge in [0.2, 0.25) is 0 Å². The van der Waals surface area contributed by atoms with Gasteiger partial charge in [0.15, 0.2) is 5.11 Å². The maximum atomic E-state index is 11.8. The first-order chi connectivity index (χ1) is 10.1. The Morgan fingerprint density at radius 1 is 1.48 bits per heavy atom. The van der Waals surface area contributed by atoms with E-state index in [9.17, 15) is 9.90 Å². The van der Waals surface area contributed by atoms with Crippen molar-refractivity contribution < 1.29 is 9.52 Å². The van der Waals surface area contributed by atoms with Gasteiger partial charge in [-0.3, -0.25) is 0 Å². The van der Waals surface area contributed by atoms with Crippen LogP contribution in [0.4, 0.5) is 0 Å². The van der Waals surface area contributed by atoms with Crippen molar-refractivity contribution in [1.82, 2.24) is 5.32 Å². The third kappa shape index (κ3) is 3.66. The lowest BCUT2D eigenvalue weighted by Crippen LogP contribution is -2.21. The monoisotopic (exact) mass is 304 g/mol. The molecule has 0 aliphatic carbocycles. The van der Waals surface area contributed by atoms with Crippen LogP contribution in [0.15, 0.2) is 38.5 Å². The fourth-order valence-electron chi connectivity index (χ4n) is 1.80. The molecule has 21 heavy (non-hydrogen) atoms. The van der Waals surface area contributed by atoms with E-state index in [1.54, 1.807) is 24.3 Å². The minimum absolute atomic E-state index is 0.00617. The molecule has 2 aromatic rings. The number of nitrogens with zero attached hydrogens (tertiary/aromatic N) is 1. The summed E-state index contributed by atoms with van der Waals surface area (Å²) in [5, 5.41) is 13.8. The number of aromatic hydroxyl groups is 1. The zero-order valence-electron chi connectivity index (χ0n) is 11.6. The zero-order chi connectivity index (χ0) is 15.2. The van der Waals surface area contributed by atoms with Gasteiger partial charge in [-0.1, -0.05) is 25.5 Å². The third-order valence-corrected chi connectivity index (χ3v) is 3.19. The van der Waals surface area contributed by atoms with Gasteiger partial charge < -0.3 is 14.8 Å². The molecule has 0 aliphatic heterocycles. The third-order valence-electron chi connectivity index (χ3n) is 2.94. The summed E-state index contributed by atoms with van der Waals surface area (Å²) in [5.74, 6) is -0.151. The molecule has 2 N–H and O–H groups in total. The number of hydrogen-bond donors (Lipinski definition) is 2. The maximum absolute atomic E-state index is 11.8. The summed E-state index contributed by atoms with van der Waals surface area (Å²) in [6, 6.07) is 6.77. The fraction of sp³-hybridized carbons (Fsp3) is 0.267. The highest BCUT2D eigenvalue weighted by molar-refractivity contribution is 7.80. The normalized spacial score (nSPS) is 11.1. The van der Waals surface area contributed by atoms with Gasteiger partial charge >= 0.3 is 5.63 Å². The van der Waals surface area contributed by atoms with Crippen LogP contribution in [0.25, 0.3) is 11.0 Å². The molecule has 0 saturated carbocycles. The highest BCUT2D eigenvalue weighted by Gasteiger charge is 2.11. The molecule has 1 aromatic carbocycles. The smallest absolute Gasteiger partial charge is 0.348 e. The summed E-state index contributed by atoms with van der Waals surface area (Å²) in [7, 11) is 0. The number of benzene rings is 1. The van der Waals surface area contributed by atoms with E-state index in [1.165, 1.54) is 6.21 Å². The predicted octanol–water partition coefficient (Wildman–Crippen LogP) is 2.59. The van der Waals surface area contributed by atoms with Crippen LogP contribution in [0.5, 0.6) is 5.75 Å². The average Bonchev–Trinajstić information content (AvgIpc) is 2.47. The number of thiocarbonyl (C=S) groups is 1. The number of fused-ring (bicyclic) bond motifs is 1. The van der Waals surface area contributed by atoms with Crippen molar-refractivity contribution in [3.8, 4) is 5.75 Å². The van der Waals surface area contributed by atoms with E-state index in [0.29, 0.717) is 11.0 Å². The van der Waals surface area contributed by atoms with Gasteiger partial charge in [-0.25, -0.2) is 9.79 Å². The molecule has 0 saturated heterocycles. The van der Waals surface area contributed by atoms with Crippen LogP contribution >= 0.6 is 12.2 Å². The molecular formula is C15H16N2O3S. The van der Waals surface area contributed by atoms with Gasteiger partial charge in [-0.15, -0.1) is 0 Å². The van der Waals surface area contributed by atoms with Crippen LogP contribution in [0.1, 0.15) is 25.3 Å². The molecule has 0 aliphatic rings. The summed E-state index contributed by atoms with van der Waals surface area (Å²) < 4.78 is 5.13. The van der Waals surface area contributed by atoms with Crippen molar-refractivity contribution in [3.05, 3.63) is 40.2 Å². The van der Waals surface area contributed by atoms with Crippen molar-refractivity contribution in [3.63, 3.8) is 0 Å². The summed E-state index contributed by atoms with van der Waals surface area (Å²) in [5.41, 5.74) is -0.319. The van der Waals surface area contributed by atoms with E-state index in [-0.39, 0.29) is 16.4 Å². The molecule has 0 amide bonds. The van der Waals surface area contributed by atoms with Gasteiger partial charge in [0.05, 0.1) is 5.39 Å². The van der Waals surface area contributed by atoms with E-state index in [4.69, 9.17) is 16.6 Å². The van der Waals surface area contributed by atoms with Crippen molar-refractivity contribution in [2.45, 2.75) is 19.8 Å². The van der Waals surface area contributed by atoms with E-state index in [0.717, 1.165) is 19.4 Å². The molecule has 6 heteroatoms. The lowest BCUT2D eigenvalue weighted by Gasteiger charge is -2.03. The molecule has 0 radical (unpaired) electrons. The maximum Gasteiger partial charge on any atom is 0.348 e. The van der Waals surface area contributed by atoms with Crippen molar-refractivity contribution in [2.24, 2.45) is 4.99 Å². The van der Waals surface area contributed by atoms with Crippen molar-refractivity contribution >= 4 is 34.5 Å². The van der Waals surface area contributed by atoms with Crippen LogP contribution in [-0.4, -0.2) is 23.0 Å². The molecule has 0 bridgehead atoms. The Balaban J connectivity index is 2.26. The van der Waals surface area contributed by atoms with Gasteiger partial charge in [-0.05, 0) is 30.8 Å². The number of para-hydroxylation sites is 1. The molecule has 0 unspecified atom stereocenters. The number of aliphatic imine (C=N–C) groups is 1. The summed E-state index contributed by atoms with van der Waals surface area (Å²) in [6.07, 6.45) is 3.27. The summed E-state index contributed by atoms with van der Waals surface area (Å²) in [4.78, 5) is 15.8. The second-order valence-electron chi connectivity index (χ2n) is 4.49. The molecule has 1 aromatic heterocycles. The van der Waals surface area contributed by atoms with Crippen molar-refractivity contribution in [2.75, 3.05) is 6.54 Å². The molecule has 1 heterocycles. The number of rotatable bonds is 4. The number of nitrogens with one attached hydrogen (secondary N) is 1. The number of unbranched alkanes of at least 4 members (excludes halogenated alkanes) is 1. The largest absolute Gasteiger partial charge is 0.506 e. The Morgan fingerprint density at radius 2 is 2.24 bits per heavy atom. The predicted molar refractivity (Wildman–Crippen MR) is 87.3 cm³/mol. The van der Waals surface area contributed by atoms with Crippen LogP contribution in [0.2, 0.25) is 0 Å². The quantitative estimate of drug-likeness (QED) is 0.393. The van der Waals surface area contributed by atoms with Crippen LogP contribution < -0.4 is 10.9 Å². The van der Waals surface area contributed by atoms with Crippen LogP contribution in [0, 0.1) is 0 Å². The van der Waals surface area contributed by atoms with E-state index >= 15 is 0 Å². The van der Waals surface area contributed by atoms with E-state index in [2.05, 4.69) is 17.2 Å². The summed E-state index contributed by atoms with van der Waals surface area (Å²) in [6.45, 7) is 2.80. The van der Waals surface area contributed by atoms with Crippen LogP contribution in [0.3, 0.4) is 0 Å². The molecule has 0 fully saturated rings. The first-order valence-corrected chi connectivity index (χ1v) is 7.11. The van der Waals surface area contributed by atoms with Gasteiger partial charge in [0, 0.05) is 12.8 Å². The molecule has 0 spiro atoms. The Hall–Kier alpha value is -2.21. The molecular weight excluding hydrogens is 288 g/mol. The Morgan fingerprint density at radius 3 is 3.00 bits per heavy atom. The van der Waals surface area contributed by atoms with Gasteiger partial charge in [0.1, 0.15) is 16.9 Å². The Labute approximate surface area is 127 Å². The Bertz CT molecular complexity index is 737. The summed E-state index contributed by atoms with van der Waals surface area (Å²) >= 11 is 5.03. The molecule has 5 nitrogen and oxygen atoms in total. The zero-order valence-corrected chi connectivity index (χ0v) is 12.4.